The lowest BCUT2D eigenvalue weighted by Gasteiger charge is -2.39. The zero-order valence-electron chi connectivity index (χ0n) is 12.4. The van der Waals surface area contributed by atoms with Crippen molar-refractivity contribution in [2.45, 2.75) is 23.5 Å². The molecule has 2 N–H and O–H groups in total. The van der Waals surface area contributed by atoms with Crippen LogP contribution in [0.3, 0.4) is 0 Å². The van der Waals surface area contributed by atoms with Crippen molar-refractivity contribution >= 4 is 10.0 Å². The zero-order valence-corrected chi connectivity index (χ0v) is 13.2. The molecule has 1 aromatic heterocycles. The summed E-state index contributed by atoms with van der Waals surface area (Å²) >= 11 is 0. The second-order valence-corrected chi connectivity index (χ2v) is 7.31. The second-order valence-electron chi connectivity index (χ2n) is 5.45. The first-order valence-corrected chi connectivity index (χ1v) is 8.78. The minimum absolute atomic E-state index is 0.0521. The lowest BCUT2D eigenvalue weighted by molar-refractivity contribution is 0.0724. The molecule has 1 aromatic carbocycles. The molecule has 0 unspecified atom stereocenters. The molecule has 2 atom stereocenters. The molecule has 0 aliphatic carbocycles. The lowest BCUT2D eigenvalue weighted by Crippen LogP contribution is -2.50. The van der Waals surface area contributed by atoms with Gasteiger partial charge < -0.3 is 10.2 Å². The Hall–Kier alpha value is -1.80. The van der Waals surface area contributed by atoms with E-state index in [-0.39, 0.29) is 18.0 Å². The van der Waals surface area contributed by atoms with Gasteiger partial charge >= 0.3 is 0 Å². The van der Waals surface area contributed by atoms with Gasteiger partial charge in [-0.05, 0) is 30.2 Å². The van der Waals surface area contributed by atoms with Gasteiger partial charge in [0.05, 0.1) is 23.6 Å². The molecule has 23 heavy (non-hydrogen) atoms. The quantitative estimate of drug-likeness (QED) is 0.860. The SMILES string of the molecule is O=S1(=O)c2ccccc2[C@@H](O)[C@@H](Cc2ccncc2)N1CCO. The standard InChI is InChI=1S/C16H18N2O4S/c19-10-9-18-14(11-12-5-7-17-8-6-12)16(20)13-3-1-2-4-15(13)23(18,21)22/h1-8,14,16,19-20H,9-11H2/t14-,16-/m1/s1. The number of fused-ring (bicyclic) bond motifs is 1. The van der Waals surface area contributed by atoms with Crippen LogP contribution in [-0.4, -0.2) is 47.1 Å². The van der Waals surface area contributed by atoms with E-state index in [9.17, 15) is 18.6 Å². The molecule has 122 valence electrons. The normalized spacial score (nSPS) is 23.4. The van der Waals surface area contributed by atoms with Crippen LogP contribution in [0, 0.1) is 0 Å². The van der Waals surface area contributed by atoms with Crippen molar-refractivity contribution < 1.29 is 18.6 Å². The summed E-state index contributed by atoms with van der Waals surface area (Å²) in [5.74, 6) is 0. The van der Waals surface area contributed by atoms with Crippen LogP contribution in [0.25, 0.3) is 0 Å². The van der Waals surface area contributed by atoms with Crippen molar-refractivity contribution in [3.8, 4) is 0 Å². The van der Waals surface area contributed by atoms with Gasteiger partial charge in [0.1, 0.15) is 0 Å². The van der Waals surface area contributed by atoms with Crippen LogP contribution in [0.5, 0.6) is 0 Å². The van der Waals surface area contributed by atoms with E-state index in [0.29, 0.717) is 12.0 Å². The molecule has 2 heterocycles. The molecule has 0 fully saturated rings. The second kappa shape index (κ2) is 6.37. The van der Waals surface area contributed by atoms with Crippen molar-refractivity contribution in [3.05, 3.63) is 59.9 Å². The number of pyridine rings is 1. The largest absolute Gasteiger partial charge is 0.395 e. The van der Waals surface area contributed by atoms with E-state index in [4.69, 9.17) is 0 Å². The number of hydrogen-bond acceptors (Lipinski definition) is 5. The fraction of sp³-hybridized carbons (Fsp3) is 0.312. The Bertz CT molecular complexity index is 780. The van der Waals surface area contributed by atoms with Crippen LogP contribution in [0.2, 0.25) is 0 Å². The maximum absolute atomic E-state index is 12.8. The third-order valence-corrected chi connectivity index (χ3v) is 6.07. The molecule has 1 aliphatic rings. The molecule has 0 amide bonds. The van der Waals surface area contributed by atoms with Gasteiger partial charge in [0.25, 0.3) is 0 Å². The van der Waals surface area contributed by atoms with Gasteiger partial charge in [-0.2, -0.15) is 4.31 Å². The Balaban J connectivity index is 2.07. The molecule has 7 heteroatoms. The maximum atomic E-state index is 12.8. The summed E-state index contributed by atoms with van der Waals surface area (Å²) in [6.45, 7) is -0.357. The number of aliphatic hydroxyl groups excluding tert-OH is 2. The van der Waals surface area contributed by atoms with E-state index in [0.717, 1.165) is 5.56 Å². The average molecular weight is 334 g/mol. The highest BCUT2D eigenvalue weighted by molar-refractivity contribution is 7.89. The summed E-state index contributed by atoms with van der Waals surface area (Å²) < 4.78 is 26.9. The van der Waals surface area contributed by atoms with Crippen LogP contribution in [0.4, 0.5) is 0 Å². The minimum atomic E-state index is -3.75. The van der Waals surface area contributed by atoms with E-state index in [1.54, 1.807) is 42.7 Å². The van der Waals surface area contributed by atoms with E-state index < -0.39 is 22.2 Å². The van der Waals surface area contributed by atoms with E-state index >= 15 is 0 Å². The third kappa shape index (κ3) is 2.88. The highest BCUT2D eigenvalue weighted by atomic mass is 32.2. The first-order valence-electron chi connectivity index (χ1n) is 7.34. The number of aliphatic hydroxyl groups is 2. The third-order valence-electron chi connectivity index (χ3n) is 4.07. The van der Waals surface area contributed by atoms with Gasteiger partial charge in [0.15, 0.2) is 0 Å². The molecular weight excluding hydrogens is 316 g/mol. The molecule has 0 radical (unpaired) electrons. The zero-order chi connectivity index (χ0) is 16.4. The summed E-state index contributed by atoms with van der Waals surface area (Å²) in [6, 6.07) is 9.37. The number of rotatable bonds is 4. The highest BCUT2D eigenvalue weighted by Crippen LogP contribution is 2.37. The monoisotopic (exact) mass is 334 g/mol. The highest BCUT2D eigenvalue weighted by Gasteiger charge is 2.43. The number of sulfonamides is 1. The minimum Gasteiger partial charge on any atom is -0.395 e. The van der Waals surface area contributed by atoms with Crippen LogP contribution < -0.4 is 0 Å². The number of nitrogens with zero attached hydrogens (tertiary/aromatic N) is 2. The van der Waals surface area contributed by atoms with Gasteiger partial charge in [-0.1, -0.05) is 18.2 Å². The summed E-state index contributed by atoms with van der Waals surface area (Å²) in [5, 5.41) is 20.0. The lowest BCUT2D eigenvalue weighted by atomic mass is 9.96. The Labute approximate surface area is 135 Å². The van der Waals surface area contributed by atoms with Crippen LogP contribution in [-0.2, 0) is 16.4 Å². The maximum Gasteiger partial charge on any atom is 0.243 e. The molecule has 6 nitrogen and oxygen atoms in total. The molecular formula is C16H18N2O4S. The van der Waals surface area contributed by atoms with Crippen molar-refractivity contribution in [1.82, 2.24) is 9.29 Å². The van der Waals surface area contributed by atoms with E-state index in [1.807, 2.05) is 0 Å². The first kappa shape index (κ1) is 16.1. The van der Waals surface area contributed by atoms with Gasteiger partial charge in [0, 0.05) is 24.5 Å². The van der Waals surface area contributed by atoms with Gasteiger partial charge in [-0.25, -0.2) is 8.42 Å². The fourth-order valence-electron chi connectivity index (χ4n) is 2.99. The topological polar surface area (TPSA) is 90.7 Å². The number of benzene rings is 1. The number of hydrogen-bond donors (Lipinski definition) is 2. The molecule has 0 bridgehead atoms. The number of aromatic nitrogens is 1. The summed E-state index contributed by atoms with van der Waals surface area (Å²) in [6.07, 6.45) is 2.65. The van der Waals surface area contributed by atoms with Crippen molar-refractivity contribution in [2.75, 3.05) is 13.2 Å². The van der Waals surface area contributed by atoms with Gasteiger partial charge in [0.2, 0.25) is 10.0 Å². The van der Waals surface area contributed by atoms with Crippen molar-refractivity contribution in [2.24, 2.45) is 0 Å². The molecule has 0 saturated heterocycles. The Morgan fingerprint density at radius 1 is 1.13 bits per heavy atom. The molecule has 0 spiro atoms. The van der Waals surface area contributed by atoms with Crippen LogP contribution >= 0.6 is 0 Å². The average Bonchev–Trinajstić information content (AvgIpc) is 2.57. The van der Waals surface area contributed by atoms with Crippen molar-refractivity contribution in [1.29, 1.82) is 0 Å². The van der Waals surface area contributed by atoms with Gasteiger partial charge in [-0.15, -0.1) is 0 Å². The molecule has 3 rings (SSSR count). The molecule has 1 aliphatic heterocycles. The van der Waals surface area contributed by atoms with E-state index in [1.165, 1.54) is 10.4 Å². The first-order chi connectivity index (χ1) is 11.1. The smallest absolute Gasteiger partial charge is 0.243 e. The molecule has 0 saturated carbocycles. The Morgan fingerprint density at radius 3 is 2.52 bits per heavy atom. The Morgan fingerprint density at radius 2 is 1.83 bits per heavy atom. The van der Waals surface area contributed by atoms with Crippen LogP contribution in [0.15, 0.2) is 53.7 Å². The molecule has 2 aromatic rings. The summed E-state index contributed by atoms with van der Waals surface area (Å²) in [5.41, 5.74) is 1.28. The fourth-order valence-corrected chi connectivity index (χ4v) is 4.85. The predicted octanol–water partition coefficient (Wildman–Crippen LogP) is 0.723. The van der Waals surface area contributed by atoms with Gasteiger partial charge in [-0.3, -0.25) is 4.98 Å². The number of β-amino-alcohol motifs (C(OH)–C–C–N with tert-alkyl or cyclic N) is 1. The predicted molar refractivity (Wildman–Crippen MR) is 84.1 cm³/mol. The summed E-state index contributed by atoms with van der Waals surface area (Å²) in [4.78, 5) is 4.05. The summed E-state index contributed by atoms with van der Waals surface area (Å²) in [7, 11) is -3.75. The van der Waals surface area contributed by atoms with Crippen molar-refractivity contribution in [3.63, 3.8) is 0 Å². The van der Waals surface area contributed by atoms with E-state index in [2.05, 4.69) is 4.98 Å². The Kier molecular flexibility index (Phi) is 4.45. The van der Waals surface area contributed by atoms with Crippen LogP contribution in [0.1, 0.15) is 17.2 Å².